The van der Waals surface area contributed by atoms with E-state index in [-0.39, 0.29) is 12.1 Å². The molecular weight excluding hydrogens is 298 g/mol. The zero-order valence-electron chi connectivity index (χ0n) is 14.6. The van der Waals surface area contributed by atoms with Crippen molar-refractivity contribution in [3.05, 3.63) is 0 Å². The highest BCUT2D eigenvalue weighted by Gasteiger charge is 2.23. The van der Waals surface area contributed by atoms with Crippen LogP contribution >= 0.6 is 11.8 Å². The third-order valence-electron chi connectivity index (χ3n) is 3.91. The topological polar surface area (TPSA) is 67.6 Å². The van der Waals surface area contributed by atoms with E-state index in [0.29, 0.717) is 5.92 Å². The Morgan fingerprint density at radius 3 is 2.55 bits per heavy atom. The largest absolute Gasteiger partial charge is 0.444 e. The molecule has 1 atom stereocenters. The van der Waals surface area contributed by atoms with Gasteiger partial charge < -0.3 is 20.7 Å². The summed E-state index contributed by atoms with van der Waals surface area (Å²) in [4.78, 5) is 14.4. The molecule has 0 aromatic carbocycles. The summed E-state index contributed by atoms with van der Waals surface area (Å²) in [6.45, 7) is 9.52. The molecule has 0 aromatic rings. The zero-order valence-corrected chi connectivity index (χ0v) is 15.4. The molecule has 130 valence electrons. The molecule has 1 aliphatic rings. The smallest absolute Gasteiger partial charge is 0.407 e. The minimum Gasteiger partial charge on any atom is -0.444 e. The number of nitrogens with one attached hydrogen (secondary N) is 1. The fourth-order valence-electron chi connectivity index (χ4n) is 2.66. The predicted molar refractivity (Wildman–Crippen MR) is 94.4 cm³/mol. The molecule has 1 fully saturated rings. The van der Waals surface area contributed by atoms with Crippen LogP contribution in [0, 0.1) is 5.92 Å². The molecule has 6 heteroatoms. The van der Waals surface area contributed by atoms with Crippen molar-refractivity contribution in [2.24, 2.45) is 11.7 Å². The second-order valence-electron chi connectivity index (χ2n) is 7.10. The molecule has 1 amide bonds. The number of thioether (sulfide) groups is 1. The number of nitrogens with two attached hydrogens (primary N) is 1. The highest BCUT2D eigenvalue weighted by atomic mass is 32.2. The van der Waals surface area contributed by atoms with Gasteiger partial charge in [-0.2, -0.15) is 11.8 Å². The molecule has 0 saturated carbocycles. The Kier molecular flexibility index (Phi) is 8.57. The third-order valence-corrected chi connectivity index (χ3v) is 4.55. The highest BCUT2D eigenvalue weighted by Crippen LogP contribution is 2.17. The first-order valence-electron chi connectivity index (χ1n) is 8.25. The molecule has 1 heterocycles. The number of likely N-dealkylation sites (tertiary alicyclic amines) is 1. The van der Waals surface area contributed by atoms with E-state index in [1.807, 2.05) is 32.5 Å². The Morgan fingerprint density at radius 1 is 1.41 bits per heavy atom. The van der Waals surface area contributed by atoms with Crippen molar-refractivity contribution in [1.29, 1.82) is 0 Å². The standard InChI is InChI=1S/C16H33N3O2S/c1-16(2,3)21-15(20)18-14(7-10-22-4)12-19-8-5-13(11-17)6-9-19/h13-14H,5-12,17H2,1-4H3,(H,18,20). The van der Waals surface area contributed by atoms with Crippen LogP contribution in [0.2, 0.25) is 0 Å². The first-order valence-corrected chi connectivity index (χ1v) is 9.64. The maximum Gasteiger partial charge on any atom is 0.407 e. The summed E-state index contributed by atoms with van der Waals surface area (Å²) in [5.74, 6) is 1.71. The van der Waals surface area contributed by atoms with Gasteiger partial charge in [-0.05, 0) is 77.6 Å². The number of alkyl carbamates (subject to hydrolysis) is 1. The quantitative estimate of drug-likeness (QED) is 0.749. The number of carbonyl (C=O) groups excluding carboxylic acids is 1. The molecule has 1 saturated heterocycles. The van der Waals surface area contributed by atoms with Crippen LogP contribution < -0.4 is 11.1 Å². The van der Waals surface area contributed by atoms with Crippen LogP contribution in [0.25, 0.3) is 0 Å². The molecule has 5 nitrogen and oxygen atoms in total. The lowest BCUT2D eigenvalue weighted by molar-refractivity contribution is 0.0484. The lowest BCUT2D eigenvalue weighted by Crippen LogP contribution is -2.48. The maximum atomic E-state index is 12.0. The van der Waals surface area contributed by atoms with Gasteiger partial charge in [-0.25, -0.2) is 4.79 Å². The van der Waals surface area contributed by atoms with Gasteiger partial charge in [0, 0.05) is 12.6 Å². The van der Waals surface area contributed by atoms with E-state index in [9.17, 15) is 4.79 Å². The molecule has 22 heavy (non-hydrogen) atoms. The normalized spacial score (nSPS) is 19.0. The van der Waals surface area contributed by atoms with Gasteiger partial charge in [-0.15, -0.1) is 0 Å². The van der Waals surface area contributed by atoms with Gasteiger partial charge in [0.1, 0.15) is 5.60 Å². The minimum absolute atomic E-state index is 0.150. The number of hydrogen-bond acceptors (Lipinski definition) is 5. The van der Waals surface area contributed by atoms with E-state index in [4.69, 9.17) is 10.5 Å². The molecule has 0 radical (unpaired) electrons. The second-order valence-corrected chi connectivity index (χ2v) is 8.09. The Morgan fingerprint density at radius 2 is 2.05 bits per heavy atom. The van der Waals surface area contributed by atoms with Gasteiger partial charge in [0.05, 0.1) is 0 Å². The van der Waals surface area contributed by atoms with Crippen LogP contribution in [0.5, 0.6) is 0 Å². The van der Waals surface area contributed by atoms with Crippen molar-refractivity contribution in [2.75, 3.05) is 38.2 Å². The minimum atomic E-state index is -0.451. The first kappa shape index (κ1) is 19.6. The Labute approximate surface area is 139 Å². The summed E-state index contributed by atoms with van der Waals surface area (Å²) in [5.41, 5.74) is 5.29. The summed E-state index contributed by atoms with van der Waals surface area (Å²) >= 11 is 1.81. The van der Waals surface area contributed by atoms with Crippen molar-refractivity contribution in [3.63, 3.8) is 0 Å². The van der Waals surface area contributed by atoms with Crippen molar-refractivity contribution in [2.45, 2.75) is 51.7 Å². The van der Waals surface area contributed by atoms with E-state index in [1.54, 1.807) is 0 Å². The van der Waals surface area contributed by atoms with E-state index in [2.05, 4.69) is 16.5 Å². The number of piperidine rings is 1. The molecule has 3 N–H and O–H groups in total. The van der Waals surface area contributed by atoms with Crippen LogP contribution in [0.15, 0.2) is 0 Å². The van der Waals surface area contributed by atoms with Crippen LogP contribution in [0.4, 0.5) is 4.79 Å². The van der Waals surface area contributed by atoms with Crippen molar-refractivity contribution in [3.8, 4) is 0 Å². The molecule has 1 aliphatic heterocycles. The maximum absolute atomic E-state index is 12.0. The number of nitrogens with zero attached hydrogens (tertiary/aromatic N) is 1. The van der Waals surface area contributed by atoms with E-state index in [1.165, 1.54) is 0 Å². The van der Waals surface area contributed by atoms with Gasteiger partial charge in [0.2, 0.25) is 0 Å². The van der Waals surface area contributed by atoms with Gasteiger partial charge in [-0.1, -0.05) is 0 Å². The number of amides is 1. The summed E-state index contributed by atoms with van der Waals surface area (Å²) in [5, 5.41) is 3.04. The fourth-order valence-corrected chi connectivity index (χ4v) is 3.18. The third kappa shape index (κ3) is 8.25. The molecule has 0 bridgehead atoms. The van der Waals surface area contributed by atoms with Crippen LogP contribution in [-0.4, -0.2) is 60.8 Å². The van der Waals surface area contributed by atoms with Crippen LogP contribution in [0.1, 0.15) is 40.0 Å². The average molecular weight is 332 g/mol. The summed E-state index contributed by atoms with van der Waals surface area (Å²) in [7, 11) is 0. The molecule has 0 aromatic heterocycles. The van der Waals surface area contributed by atoms with Crippen LogP contribution in [0.3, 0.4) is 0 Å². The fraction of sp³-hybridized carbons (Fsp3) is 0.938. The van der Waals surface area contributed by atoms with Gasteiger partial charge in [0.25, 0.3) is 0 Å². The number of ether oxygens (including phenoxy) is 1. The Hall–Kier alpha value is -0.460. The van der Waals surface area contributed by atoms with E-state index < -0.39 is 5.60 Å². The van der Waals surface area contributed by atoms with Crippen molar-refractivity contribution >= 4 is 17.9 Å². The molecule has 1 unspecified atom stereocenters. The van der Waals surface area contributed by atoms with Crippen LogP contribution in [-0.2, 0) is 4.74 Å². The van der Waals surface area contributed by atoms with Crippen molar-refractivity contribution in [1.82, 2.24) is 10.2 Å². The summed E-state index contributed by atoms with van der Waals surface area (Å²) in [6, 6.07) is 0.150. The monoisotopic (exact) mass is 331 g/mol. The first-order chi connectivity index (χ1) is 10.3. The lowest BCUT2D eigenvalue weighted by atomic mass is 9.97. The molecule has 0 spiro atoms. The van der Waals surface area contributed by atoms with Gasteiger partial charge in [0.15, 0.2) is 0 Å². The highest BCUT2D eigenvalue weighted by molar-refractivity contribution is 7.98. The summed E-state index contributed by atoms with van der Waals surface area (Å²) in [6.07, 6.45) is 5.08. The number of hydrogen-bond donors (Lipinski definition) is 2. The summed E-state index contributed by atoms with van der Waals surface area (Å²) < 4.78 is 5.38. The molecular formula is C16H33N3O2S. The zero-order chi connectivity index (χ0) is 16.6. The lowest BCUT2D eigenvalue weighted by Gasteiger charge is -2.34. The Balaban J connectivity index is 2.45. The van der Waals surface area contributed by atoms with E-state index >= 15 is 0 Å². The molecule has 1 rings (SSSR count). The number of rotatable bonds is 7. The van der Waals surface area contributed by atoms with Gasteiger partial charge >= 0.3 is 6.09 Å². The van der Waals surface area contributed by atoms with Gasteiger partial charge in [-0.3, -0.25) is 0 Å². The second kappa shape index (κ2) is 9.63. The average Bonchev–Trinajstić information content (AvgIpc) is 2.43. The number of carbonyl (C=O) groups is 1. The Bertz CT molecular complexity index is 326. The van der Waals surface area contributed by atoms with E-state index in [0.717, 1.165) is 51.2 Å². The molecule has 0 aliphatic carbocycles. The predicted octanol–water partition coefficient (Wildman–Crippen LogP) is 2.30. The SMILES string of the molecule is CSCCC(CN1CCC(CN)CC1)NC(=O)OC(C)(C)C. The van der Waals surface area contributed by atoms with Crippen molar-refractivity contribution < 1.29 is 9.53 Å².